The molecule has 0 radical (unpaired) electrons. The number of rotatable bonds is 5. The average Bonchev–Trinajstić information content (AvgIpc) is 3.55. The van der Waals surface area contributed by atoms with Crippen LogP contribution in [0, 0.1) is 17.3 Å². The van der Waals surface area contributed by atoms with E-state index in [0.29, 0.717) is 5.78 Å². The maximum absolute atomic E-state index is 13.2. The molecule has 0 spiro atoms. The third-order valence-corrected chi connectivity index (χ3v) is 6.24. The van der Waals surface area contributed by atoms with E-state index in [4.69, 9.17) is 0 Å². The summed E-state index contributed by atoms with van der Waals surface area (Å²) in [5, 5.41) is 6.63. The van der Waals surface area contributed by atoms with Gasteiger partial charge in [0.05, 0.1) is 17.1 Å². The van der Waals surface area contributed by atoms with E-state index in [1.807, 2.05) is 24.4 Å². The van der Waals surface area contributed by atoms with E-state index < -0.39 is 0 Å². The van der Waals surface area contributed by atoms with Gasteiger partial charge in [-0.2, -0.15) is 5.10 Å². The first-order chi connectivity index (χ1) is 11.8. The van der Waals surface area contributed by atoms with E-state index in [1.54, 1.807) is 0 Å². The number of hydrogen-bond donors (Lipinski definition) is 0. The minimum atomic E-state index is -0.289. The Morgan fingerprint density at radius 3 is 2.79 bits per heavy atom. The zero-order valence-corrected chi connectivity index (χ0v) is 14.1. The second-order valence-corrected chi connectivity index (χ2v) is 8.09. The summed E-state index contributed by atoms with van der Waals surface area (Å²) in [6, 6.07) is 10.5. The molecule has 24 heavy (non-hydrogen) atoms. The van der Waals surface area contributed by atoms with Crippen LogP contribution in [0.5, 0.6) is 0 Å². The van der Waals surface area contributed by atoms with E-state index in [1.165, 1.54) is 32.4 Å². The van der Waals surface area contributed by atoms with Crippen LogP contribution in [-0.4, -0.2) is 42.6 Å². The third kappa shape index (κ3) is 2.39. The SMILES string of the molecule is O=C(C1CCCN(CC2CC2)C1)C12C=NN(c3ccccc3)C1C2. The predicted octanol–water partition coefficient (Wildman–Crippen LogP) is 2.94. The summed E-state index contributed by atoms with van der Waals surface area (Å²) < 4.78 is 0. The Hall–Kier alpha value is -1.68. The van der Waals surface area contributed by atoms with Crippen LogP contribution in [0.1, 0.15) is 32.1 Å². The number of anilines is 1. The Balaban J connectivity index is 1.28. The summed E-state index contributed by atoms with van der Waals surface area (Å²) in [6.45, 7) is 3.37. The van der Waals surface area contributed by atoms with Gasteiger partial charge in [0.15, 0.2) is 5.78 Å². The summed E-state index contributed by atoms with van der Waals surface area (Å²) in [5.41, 5.74) is 0.813. The molecule has 0 N–H and O–H groups in total. The first kappa shape index (κ1) is 14.6. The van der Waals surface area contributed by atoms with Crippen molar-refractivity contribution in [3.05, 3.63) is 30.3 Å². The van der Waals surface area contributed by atoms with Crippen molar-refractivity contribution in [1.29, 1.82) is 0 Å². The summed E-state index contributed by atoms with van der Waals surface area (Å²) in [6.07, 6.45) is 7.91. The summed E-state index contributed by atoms with van der Waals surface area (Å²) >= 11 is 0. The first-order valence-electron chi connectivity index (χ1n) is 9.42. The fraction of sp³-hybridized carbons (Fsp3) is 0.600. The summed E-state index contributed by atoms with van der Waals surface area (Å²) in [5.74, 6) is 1.58. The minimum absolute atomic E-state index is 0.213. The highest BCUT2D eigenvalue weighted by Gasteiger charge is 2.66. The highest BCUT2D eigenvalue weighted by molar-refractivity contribution is 6.08. The lowest BCUT2D eigenvalue weighted by atomic mass is 9.85. The monoisotopic (exact) mass is 323 g/mol. The number of Topliss-reactive ketones (excluding diaryl/α,β-unsaturated/α-hetero) is 1. The maximum Gasteiger partial charge on any atom is 0.151 e. The third-order valence-electron chi connectivity index (χ3n) is 6.24. The van der Waals surface area contributed by atoms with Crippen molar-refractivity contribution in [1.82, 2.24) is 4.90 Å². The van der Waals surface area contributed by atoms with Gasteiger partial charge in [-0.15, -0.1) is 0 Å². The van der Waals surface area contributed by atoms with Gasteiger partial charge in [0.1, 0.15) is 0 Å². The molecule has 126 valence electrons. The van der Waals surface area contributed by atoms with Gasteiger partial charge in [-0.3, -0.25) is 9.80 Å². The second kappa shape index (κ2) is 5.41. The molecule has 1 aromatic rings. The number of carbonyl (C=O) groups excluding carboxylic acids is 1. The fourth-order valence-electron chi connectivity index (χ4n) is 4.59. The van der Waals surface area contributed by atoms with Crippen molar-refractivity contribution < 1.29 is 4.79 Å². The molecule has 4 heteroatoms. The number of ketones is 1. The molecule has 0 aromatic heterocycles. The molecular weight excluding hydrogens is 298 g/mol. The molecule has 3 fully saturated rings. The molecule has 3 unspecified atom stereocenters. The number of nitrogens with zero attached hydrogens (tertiary/aromatic N) is 3. The molecule has 0 amide bonds. The zero-order chi connectivity index (χ0) is 16.1. The number of para-hydroxylation sites is 1. The van der Waals surface area contributed by atoms with Crippen molar-refractivity contribution in [2.75, 3.05) is 24.6 Å². The Bertz CT molecular complexity index is 669. The lowest BCUT2D eigenvalue weighted by Crippen LogP contribution is -2.42. The molecule has 1 aromatic carbocycles. The van der Waals surface area contributed by atoms with Crippen LogP contribution in [0.25, 0.3) is 0 Å². The number of likely N-dealkylation sites (tertiary alicyclic amines) is 1. The van der Waals surface area contributed by atoms with Crippen LogP contribution < -0.4 is 5.01 Å². The number of carbonyl (C=O) groups is 1. The summed E-state index contributed by atoms with van der Waals surface area (Å²) in [7, 11) is 0. The van der Waals surface area contributed by atoms with Crippen molar-refractivity contribution >= 4 is 17.7 Å². The molecule has 4 aliphatic rings. The number of hydrogen-bond acceptors (Lipinski definition) is 4. The number of hydrazone groups is 1. The van der Waals surface area contributed by atoms with Crippen LogP contribution in [0.4, 0.5) is 5.69 Å². The maximum atomic E-state index is 13.2. The van der Waals surface area contributed by atoms with Gasteiger partial charge in [0, 0.05) is 25.2 Å². The van der Waals surface area contributed by atoms with E-state index >= 15 is 0 Å². The van der Waals surface area contributed by atoms with Crippen LogP contribution in [0.15, 0.2) is 35.4 Å². The van der Waals surface area contributed by atoms with E-state index in [9.17, 15) is 4.79 Å². The van der Waals surface area contributed by atoms with Crippen molar-refractivity contribution in [2.45, 2.75) is 38.1 Å². The van der Waals surface area contributed by atoms with Gasteiger partial charge in [-0.05, 0) is 56.7 Å². The molecule has 2 aliphatic carbocycles. The Morgan fingerprint density at radius 1 is 1.21 bits per heavy atom. The van der Waals surface area contributed by atoms with Crippen LogP contribution >= 0.6 is 0 Å². The standard InChI is InChI=1S/C20H25N3O/c24-19(16-5-4-10-22(13-16)12-15-8-9-15)20-11-18(20)23(21-14-20)17-6-2-1-3-7-17/h1-3,6-7,14-16,18H,4-5,8-13H2. The fourth-order valence-corrected chi connectivity index (χ4v) is 4.59. The average molecular weight is 323 g/mol. The molecular formula is C20H25N3O. The molecule has 2 saturated carbocycles. The Labute approximate surface area is 143 Å². The van der Waals surface area contributed by atoms with Crippen molar-refractivity contribution in [3.63, 3.8) is 0 Å². The van der Waals surface area contributed by atoms with Crippen LogP contribution in [0.2, 0.25) is 0 Å². The highest BCUT2D eigenvalue weighted by Crippen LogP contribution is 2.55. The molecule has 1 saturated heterocycles. The Kier molecular flexibility index (Phi) is 3.30. The number of piperidine rings is 1. The molecule has 2 aliphatic heterocycles. The predicted molar refractivity (Wildman–Crippen MR) is 95.1 cm³/mol. The summed E-state index contributed by atoms with van der Waals surface area (Å²) in [4.78, 5) is 15.8. The quantitative estimate of drug-likeness (QED) is 0.836. The first-order valence-corrected chi connectivity index (χ1v) is 9.42. The molecule has 4 nitrogen and oxygen atoms in total. The number of fused-ring (bicyclic) bond motifs is 1. The normalized spacial score (nSPS) is 35.1. The molecule has 0 bridgehead atoms. The molecule has 2 heterocycles. The van der Waals surface area contributed by atoms with Crippen LogP contribution in [-0.2, 0) is 4.79 Å². The van der Waals surface area contributed by atoms with Gasteiger partial charge < -0.3 is 4.90 Å². The van der Waals surface area contributed by atoms with Crippen LogP contribution in [0.3, 0.4) is 0 Å². The highest BCUT2D eigenvalue weighted by atomic mass is 16.1. The second-order valence-electron chi connectivity index (χ2n) is 8.09. The van der Waals surface area contributed by atoms with Gasteiger partial charge in [0.25, 0.3) is 0 Å². The van der Waals surface area contributed by atoms with Gasteiger partial charge in [-0.25, -0.2) is 0 Å². The lowest BCUT2D eigenvalue weighted by molar-refractivity contribution is -0.127. The van der Waals surface area contributed by atoms with E-state index in [2.05, 4.69) is 27.1 Å². The van der Waals surface area contributed by atoms with Gasteiger partial charge >= 0.3 is 0 Å². The topological polar surface area (TPSA) is 35.9 Å². The molecule has 3 atom stereocenters. The largest absolute Gasteiger partial charge is 0.302 e. The van der Waals surface area contributed by atoms with Crippen molar-refractivity contribution in [3.8, 4) is 0 Å². The zero-order valence-electron chi connectivity index (χ0n) is 14.1. The van der Waals surface area contributed by atoms with E-state index in [-0.39, 0.29) is 17.4 Å². The van der Waals surface area contributed by atoms with E-state index in [0.717, 1.165) is 31.0 Å². The molecule has 5 rings (SSSR count). The van der Waals surface area contributed by atoms with Gasteiger partial charge in [-0.1, -0.05) is 18.2 Å². The Morgan fingerprint density at radius 2 is 2.04 bits per heavy atom. The van der Waals surface area contributed by atoms with Gasteiger partial charge in [0.2, 0.25) is 0 Å². The minimum Gasteiger partial charge on any atom is -0.302 e. The smallest absolute Gasteiger partial charge is 0.151 e. The number of benzene rings is 1. The van der Waals surface area contributed by atoms with Crippen molar-refractivity contribution in [2.24, 2.45) is 22.4 Å². The lowest BCUT2D eigenvalue weighted by Gasteiger charge is -2.33.